The van der Waals surface area contributed by atoms with Crippen molar-refractivity contribution < 1.29 is 18.9 Å². The van der Waals surface area contributed by atoms with Crippen LogP contribution in [0.15, 0.2) is 24.3 Å². The second-order valence-electron chi connectivity index (χ2n) is 6.67. The van der Waals surface area contributed by atoms with Gasteiger partial charge in [-0.05, 0) is 31.9 Å². The Labute approximate surface area is 142 Å². The highest BCUT2D eigenvalue weighted by Crippen LogP contribution is 2.17. The lowest BCUT2D eigenvalue weighted by Gasteiger charge is -2.24. The van der Waals surface area contributed by atoms with E-state index in [4.69, 9.17) is 0 Å². The van der Waals surface area contributed by atoms with Crippen LogP contribution in [0.3, 0.4) is 0 Å². The number of hydrogen-bond acceptors (Lipinski definition) is 2. The van der Waals surface area contributed by atoms with Gasteiger partial charge in [0.15, 0.2) is 6.04 Å². The first-order valence-corrected chi connectivity index (χ1v) is 8.64. The van der Waals surface area contributed by atoms with Gasteiger partial charge in [0.05, 0.1) is 7.05 Å². The first kappa shape index (κ1) is 18.4. The van der Waals surface area contributed by atoms with Crippen LogP contribution in [0.1, 0.15) is 44.6 Å². The zero-order valence-electron chi connectivity index (χ0n) is 14.4. The predicted molar refractivity (Wildman–Crippen MR) is 90.0 cm³/mol. The standard InChI is InChI=1S/C18H26FN3O2/c1-13(22(2)12-14-8-10-15(19)11-9-14)17(23)21-18(24)20-16-6-4-3-5-7-16/h8-11,13,16H,3-7,12H2,1-2H3,(H2,20,21,23,24)/p+1/t13-/m1/s1. The average Bonchev–Trinajstić information content (AvgIpc) is 2.57. The molecule has 5 nitrogen and oxygen atoms in total. The molecule has 0 radical (unpaired) electrons. The van der Waals surface area contributed by atoms with Crippen LogP contribution >= 0.6 is 0 Å². The fraction of sp³-hybridized carbons (Fsp3) is 0.556. The van der Waals surface area contributed by atoms with Gasteiger partial charge in [0, 0.05) is 11.6 Å². The molecule has 0 aromatic heterocycles. The van der Waals surface area contributed by atoms with Gasteiger partial charge in [-0.1, -0.05) is 31.4 Å². The summed E-state index contributed by atoms with van der Waals surface area (Å²) in [5.41, 5.74) is 0.945. The number of imide groups is 1. The van der Waals surface area contributed by atoms with E-state index in [0.717, 1.165) is 36.1 Å². The summed E-state index contributed by atoms with van der Waals surface area (Å²) in [6.07, 6.45) is 5.42. The summed E-state index contributed by atoms with van der Waals surface area (Å²) < 4.78 is 12.9. The third-order valence-corrected chi connectivity index (χ3v) is 4.71. The topological polar surface area (TPSA) is 62.6 Å². The van der Waals surface area contributed by atoms with Crippen LogP contribution in [0.5, 0.6) is 0 Å². The Hall–Kier alpha value is -1.95. The zero-order chi connectivity index (χ0) is 17.5. The van der Waals surface area contributed by atoms with Gasteiger partial charge < -0.3 is 10.2 Å². The minimum absolute atomic E-state index is 0.172. The van der Waals surface area contributed by atoms with Crippen molar-refractivity contribution >= 4 is 11.9 Å². The Morgan fingerprint density at radius 2 is 1.83 bits per heavy atom. The molecule has 1 unspecified atom stereocenters. The number of halogens is 1. The van der Waals surface area contributed by atoms with E-state index in [1.165, 1.54) is 18.6 Å². The van der Waals surface area contributed by atoms with Crippen molar-refractivity contribution in [3.8, 4) is 0 Å². The highest BCUT2D eigenvalue weighted by Gasteiger charge is 2.25. The molecule has 0 spiro atoms. The Morgan fingerprint density at radius 1 is 1.21 bits per heavy atom. The van der Waals surface area contributed by atoms with Gasteiger partial charge in [-0.15, -0.1) is 0 Å². The first-order valence-electron chi connectivity index (χ1n) is 8.64. The van der Waals surface area contributed by atoms with E-state index >= 15 is 0 Å². The van der Waals surface area contributed by atoms with Crippen LogP contribution in [-0.2, 0) is 11.3 Å². The Balaban J connectivity index is 1.79. The summed E-state index contributed by atoms with van der Waals surface area (Å²) in [5.74, 6) is -0.579. The van der Waals surface area contributed by atoms with Crippen molar-refractivity contribution in [1.82, 2.24) is 10.6 Å². The minimum atomic E-state index is -0.409. The molecular formula is C18H27FN3O2+. The summed E-state index contributed by atoms with van der Waals surface area (Å²) in [5, 5.41) is 5.31. The Bertz CT molecular complexity index is 556. The van der Waals surface area contributed by atoms with Crippen LogP contribution < -0.4 is 15.5 Å². The zero-order valence-corrected chi connectivity index (χ0v) is 14.4. The number of benzene rings is 1. The van der Waals surface area contributed by atoms with Crippen molar-refractivity contribution in [1.29, 1.82) is 0 Å². The van der Waals surface area contributed by atoms with Gasteiger partial charge in [0.1, 0.15) is 12.4 Å². The number of urea groups is 1. The highest BCUT2D eigenvalue weighted by atomic mass is 19.1. The molecule has 0 saturated heterocycles. The highest BCUT2D eigenvalue weighted by molar-refractivity contribution is 5.96. The number of amides is 3. The van der Waals surface area contributed by atoms with Crippen molar-refractivity contribution in [2.45, 2.75) is 57.7 Å². The summed E-state index contributed by atoms with van der Waals surface area (Å²) in [6.45, 7) is 2.36. The summed E-state index contributed by atoms with van der Waals surface area (Å²) in [4.78, 5) is 25.1. The van der Waals surface area contributed by atoms with Crippen molar-refractivity contribution in [2.75, 3.05) is 7.05 Å². The van der Waals surface area contributed by atoms with E-state index < -0.39 is 6.03 Å². The molecule has 3 N–H and O–H groups in total. The van der Waals surface area contributed by atoms with E-state index in [0.29, 0.717) is 6.54 Å². The van der Waals surface area contributed by atoms with Gasteiger partial charge in [0.2, 0.25) is 0 Å². The quantitative estimate of drug-likeness (QED) is 0.761. The molecule has 132 valence electrons. The normalized spacial score (nSPS) is 17.8. The molecule has 2 rings (SSSR count). The monoisotopic (exact) mass is 336 g/mol. The lowest BCUT2D eigenvalue weighted by Crippen LogP contribution is -3.12. The van der Waals surface area contributed by atoms with E-state index in [9.17, 15) is 14.0 Å². The Morgan fingerprint density at radius 3 is 2.46 bits per heavy atom. The maximum Gasteiger partial charge on any atom is 0.321 e. The molecular weight excluding hydrogens is 309 g/mol. The van der Waals surface area contributed by atoms with E-state index in [-0.39, 0.29) is 23.8 Å². The van der Waals surface area contributed by atoms with Gasteiger partial charge in [0.25, 0.3) is 5.91 Å². The lowest BCUT2D eigenvalue weighted by atomic mass is 9.96. The van der Waals surface area contributed by atoms with Crippen molar-refractivity contribution in [3.63, 3.8) is 0 Å². The molecule has 6 heteroatoms. The maximum absolute atomic E-state index is 12.9. The Kier molecular flexibility index (Phi) is 6.73. The molecule has 1 aliphatic rings. The van der Waals surface area contributed by atoms with Crippen molar-refractivity contribution in [3.05, 3.63) is 35.6 Å². The number of carbonyl (C=O) groups is 2. The van der Waals surface area contributed by atoms with Gasteiger partial charge in [-0.2, -0.15) is 0 Å². The van der Waals surface area contributed by atoms with Gasteiger partial charge in [-0.25, -0.2) is 9.18 Å². The molecule has 2 atom stereocenters. The van der Waals surface area contributed by atoms with Gasteiger partial charge in [-0.3, -0.25) is 10.1 Å². The van der Waals surface area contributed by atoms with E-state index in [1.807, 2.05) is 7.05 Å². The van der Waals surface area contributed by atoms with Crippen LogP contribution in [0.25, 0.3) is 0 Å². The van der Waals surface area contributed by atoms with Crippen LogP contribution in [-0.4, -0.2) is 31.1 Å². The predicted octanol–water partition coefficient (Wildman–Crippen LogP) is 1.39. The SMILES string of the molecule is C[C@H](C(=O)NC(=O)NC1CCCCC1)[NH+](C)Cc1ccc(F)cc1. The molecule has 0 heterocycles. The number of rotatable bonds is 5. The number of hydrogen-bond donors (Lipinski definition) is 3. The molecule has 3 amide bonds. The molecule has 1 aliphatic carbocycles. The molecule has 1 aromatic carbocycles. The summed E-state index contributed by atoms with van der Waals surface area (Å²) in [7, 11) is 1.88. The van der Waals surface area contributed by atoms with Gasteiger partial charge >= 0.3 is 6.03 Å². The number of likely N-dealkylation sites (N-methyl/N-ethyl adjacent to an activating group) is 1. The van der Waals surface area contributed by atoms with E-state index in [2.05, 4.69) is 10.6 Å². The first-order chi connectivity index (χ1) is 11.5. The molecule has 24 heavy (non-hydrogen) atoms. The molecule has 0 bridgehead atoms. The molecule has 0 aliphatic heterocycles. The fourth-order valence-corrected chi connectivity index (χ4v) is 2.99. The smallest absolute Gasteiger partial charge is 0.321 e. The van der Waals surface area contributed by atoms with Crippen molar-refractivity contribution in [2.24, 2.45) is 0 Å². The third kappa shape index (κ3) is 5.60. The largest absolute Gasteiger partial charge is 0.335 e. The fourth-order valence-electron chi connectivity index (χ4n) is 2.99. The second kappa shape index (κ2) is 8.78. The average molecular weight is 336 g/mol. The third-order valence-electron chi connectivity index (χ3n) is 4.71. The van der Waals surface area contributed by atoms with Crippen LogP contribution in [0, 0.1) is 5.82 Å². The second-order valence-corrected chi connectivity index (χ2v) is 6.67. The molecule has 1 fully saturated rings. The summed E-state index contributed by atoms with van der Waals surface area (Å²) in [6, 6.07) is 5.61. The van der Waals surface area contributed by atoms with Crippen LogP contribution in [0.4, 0.5) is 9.18 Å². The maximum atomic E-state index is 12.9. The van der Waals surface area contributed by atoms with E-state index in [1.54, 1.807) is 19.1 Å². The van der Waals surface area contributed by atoms with Crippen LogP contribution in [0.2, 0.25) is 0 Å². The minimum Gasteiger partial charge on any atom is -0.335 e. The number of quaternary nitrogens is 1. The number of carbonyl (C=O) groups excluding carboxylic acids is 2. The molecule has 1 saturated carbocycles. The summed E-state index contributed by atoms with van der Waals surface area (Å²) >= 11 is 0. The molecule has 1 aromatic rings. The number of nitrogens with one attached hydrogen (secondary N) is 3. The lowest BCUT2D eigenvalue weighted by molar-refractivity contribution is -0.908.